The lowest BCUT2D eigenvalue weighted by Gasteiger charge is -2.07. The fourth-order valence-corrected chi connectivity index (χ4v) is 2.20. The van der Waals surface area contributed by atoms with Crippen LogP contribution in [0.1, 0.15) is 5.56 Å². The first-order chi connectivity index (χ1) is 10.8. The van der Waals surface area contributed by atoms with Crippen molar-refractivity contribution in [3.63, 3.8) is 0 Å². The standard InChI is InChI=1S/C17H14ClN3O/c1-22-14-6-7-16-15(10-14)17(8-9-19-16)21-20-11-12-2-4-13(18)5-3-12/h2-11H,1H3,(H,19,21)/b20-11+. The number of rotatable bonds is 4. The quantitative estimate of drug-likeness (QED) is 0.576. The van der Waals surface area contributed by atoms with Crippen molar-refractivity contribution in [2.75, 3.05) is 12.5 Å². The van der Waals surface area contributed by atoms with Gasteiger partial charge in [-0.3, -0.25) is 10.4 Å². The Morgan fingerprint density at radius 3 is 2.73 bits per heavy atom. The summed E-state index contributed by atoms with van der Waals surface area (Å²) in [4.78, 5) is 4.33. The number of fused-ring (bicyclic) bond motifs is 1. The van der Waals surface area contributed by atoms with E-state index >= 15 is 0 Å². The van der Waals surface area contributed by atoms with Gasteiger partial charge in [0.1, 0.15) is 5.75 Å². The van der Waals surface area contributed by atoms with Crippen LogP contribution in [0, 0.1) is 0 Å². The zero-order valence-electron chi connectivity index (χ0n) is 12.0. The third-order valence-electron chi connectivity index (χ3n) is 3.22. The molecule has 0 radical (unpaired) electrons. The molecule has 0 atom stereocenters. The summed E-state index contributed by atoms with van der Waals surface area (Å²) >= 11 is 5.86. The van der Waals surface area contributed by atoms with Gasteiger partial charge in [0.2, 0.25) is 0 Å². The average Bonchev–Trinajstić information content (AvgIpc) is 2.56. The molecule has 0 amide bonds. The molecule has 0 aliphatic heterocycles. The Bertz CT molecular complexity index is 816. The molecule has 4 nitrogen and oxygen atoms in total. The fourth-order valence-electron chi connectivity index (χ4n) is 2.08. The molecular formula is C17H14ClN3O. The molecule has 22 heavy (non-hydrogen) atoms. The number of methoxy groups -OCH3 is 1. The number of nitrogens with zero attached hydrogens (tertiary/aromatic N) is 2. The second kappa shape index (κ2) is 6.45. The largest absolute Gasteiger partial charge is 0.497 e. The monoisotopic (exact) mass is 311 g/mol. The molecule has 110 valence electrons. The van der Waals surface area contributed by atoms with Crippen LogP contribution in [0.15, 0.2) is 59.8 Å². The Labute approximate surface area is 133 Å². The highest BCUT2D eigenvalue weighted by Gasteiger charge is 2.02. The summed E-state index contributed by atoms with van der Waals surface area (Å²) in [7, 11) is 1.64. The van der Waals surface area contributed by atoms with Crippen LogP contribution in [0.25, 0.3) is 10.9 Å². The van der Waals surface area contributed by atoms with Gasteiger partial charge >= 0.3 is 0 Å². The molecule has 1 aromatic heterocycles. The fraction of sp³-hybridized carbons (Fsp3) is 0.0588. The maximum atomic E-state index is 5.86. The van der Waals surface area contributed by atoms with Crippen molar-refractivity contribution in [2.24, 2.45) is 5.10 Å². The van der Waals surface area contributed by atoms with Gasteiger partial charge in [-0.2, -0.15) is 5.10 Å². The third kappa shape index (κ3) is 3.18. The van der Waals surface area contributed by atoms with Gasteiger partial charge in [-0.25, -0.2) is 0 Å². The summed E-state index contributed by atoms with van der Waals surface area (Å²) in [6.07, 6.45) is 3.48. The molecule has 1 heterocycles. The van der Waals surface area contributed by atoms with Crippen molar-refractivity contribution in [3.8, 4) is 5.75 Å². The summed E-state index contributed by atoms with van der Waals surface area (Å²) in [6, 6.07) is 15.1. The third-order valence-corrected chi connectivity index (χ3v) is 3.47. The first-order valence-corrected chi connectivity index (χ1v) is 7.11. The molecule has 1 N–H and O–H groups in total. The Hall–Kier alpha value is -2.59. The number of benzene rings is 2. The van der Waals surface area contributed by atoms with Gasteiger partial charge in [-0.05, 0) is 42.0 Å². The molecule has 0 saturated carbocycles. The number of hydrogen-bond acceptors (Lipinski definition) is 4. The van der Waals surface area contributed by atoms with E-state index in [1.54, 1.807) is 19.5 Å². The number of aromatic nitrogens is 1. The van der Waals surface area contributed by atoms with Gasteiger partial charge < -0.3 is 4.74 Å². The van der Waals surface area contributed by atoms with Crippen molar-refractivity contribution in [1.82, 2.24) is 4.98 Å². The molecule has 0 aliphatic rings. The number of anilines is 1. The zero-order valence-corrected chi connectivity index (χ0v) is 12.7. The molecule has 0 bridgehead atoms. The molecule has 0 fully saturated rings. The summed E-state index contributed by atoms with van der Waals surface area (Å²) < 4.78 is 5.26. The van der Waals surface area contributed by atoms with Gasteiger partial charge in [0.15, 0.2) is 0 Å². The maximum absolute atomic E-state index is 5.86. The summed E-state index contributed by atoms with van der Waals surface area (Å²) in [5.74, 6) is 0.783. The van der Waals surface area contributed by atoms with Gasteiger partial charge in [0, 0.05) is 16.6 Å². The van der Waals surface area contributed by atoms with Crippen LogP contribution >= 0.6 is 11.6 Å². The second-order valence-corrected chi connectivity index (χ2v) is 5.10. The van der Waals surface area contributed by atoms with Crippen LogP contribution in [0.5, 0.6) is 5.75 Å². The second-order valence-electron chi connectivity index (χ2n) is 4.66. The van der Waals surface area contributed by atoms with Crippen LogP contribution in [0.4, 0.5) is 5.69 Å². The zero-order chi connectivity index (χ0) is 15.4. The van der Waals surface area contributed by atoms with E-state index in [-0.39, 0.29) is 0 Å². The molecule has 0 spiro atoms. The minimum Gasteiger partial charge on any atom is -0.497 e. The number of pyridine rings is 1. The average molecular weight is 312 g/mol. The molecule has 3 rings (SSSR count). The van der Waals surface area contributed by atoms with Crippen molar-refractivity contribution in [1.29, 1.82) is 0 Å². The van der Waals surface area contributed by atoms with Gasteiger partial charge in [0.25, 0.3) is 0 Å². The van der Waals surface area contributed by atoms with Crippen molar-refractivity contribution in [2.45, 2.75) is 0 Å². The van der Waals surface area contributed by atoms with Gasteiger partial charge in [0.05, 0.1) is 24.5 Å². The van der Waals surface area contributed by atoms with Crippen LogP contribution < -0.4 is 10.2 Å². The first kappa shape index (κ1) is 14.4. The lowest BCUT2D eigenvalue weighted by Crippen LogP contribution is -1.93. The minimum absolute atomic E-state index is 0.706. The van der Waals surface area contributed by atoms with Crippen LogP contribution in [0.3, 0.4) is 0 Å². The predicted octanol–water partition coefficient (Wildman–Crippen LogP) is 4.34. The first-order valence-electron chi connectivity index (χ1n) is 6.74. The Balaban J connectivity index is 1.85. The number of hydrazone groups is 1. The van der Waals surface area contributed by atoms with Crippen molar-refractivity contribution >= 4 is 34.4 Å². The van der Waals surface area contributed by atoms with E-state index in [9.17, 15) is 0 Å². The molecule has 0 saturated heterocycles. The van der Waals surface area contributed by atoms with E-state index in [2.05, 4.69) is 15.5 Å². The molecular weight excluding hydrogens is 298 g/mol. The van der Waals surface area contributed by atoms with E-state index in [1.165, 1.54) is 0 Å². The van der Waals surface area contributed by atoms with Crippen molar-refractivity contribution in [3.05, 3.63) is 65.3 Å². The molecule has 0 aliphatic carbocycles. The number of nitrogens with one attached hydrogen (secondary N) is 1. The van der Waals surface area contributed by atoms with E-state index in [1.807, 2.05) is 48.5 Å². The van der Waals surface area contributed by atoms with Gasteiger partial charge in [-0.1, -0.05) is 23.7 Å². The Morgan fingerprint density at radius 1 is 1.14 bits per heavy atom. The summed E-state index contributed by atoms with van der Waals surface area (Å²) in [6.45, 7) is 0. The highest BCUT2D eigenvalue weighted by Crippen LogP contribution is 2.25. The maximum Gasteiger partial charge on any atom is 0.119 e. The van der Waals surface area contributed by atoms with Gasteiger partial charge in [-0.15, -0.1) is 0 Å². The topological polar surface area (TPSA) is 46.5 Å². The van der Waals surface area contributed by atoms with E-state index in [0.717, 1.165) is 27.9 Å². The molecule has 3 aromatic rings. The lowest BCUT2D eigenvalue weighted by atomic mass is 10.2. The number of halogens is 1. The Morgan fingerprint density at radius 2 is 1.95 bits per heavy atom. The molecule has 0 unspecified atom stereocenters. The SMILES string of the molecule is COc1ccc2nccc(N/N=C/c3ccc(Cl)cc3)c2c1. The summed E-state index contributed by atoms with van der Waals surface area (Å²) in [5, 5.41) is 5.92. The van der Waals surface area contributed by atoms with E-state index in [0.29, 0.717) is 5.02 Å². The summed E-state index contributed by atoms with van der Waals surface area (Å²) in [5.41, 5.74) is 5.76. The highest BCUT2D eigenvalue weighted by molar-refractivity contribution is 6.30. The number of ether oxygens (including phenoxy) is 1. The molecule has 2 aromatic carbocycles. The Kier molecular flexibility index (Phi) is 4.21. The molecule has 5 heteroatoms. The minimum atomic E-state index is 0.706. The smallest absolute Gasteiger partial charge is 0.119 e. The van der Waals surface area contributed by atoms with E-state index < -0.39 is 0 Å². The van der Waals surface area contributed by atoms with Crippen LogP contribution in [-0.2, 0) is 0 Å². The van der Waals surface area contributed by atoms with Crippen molar-refractivity contribution < 1.29 is 4.74 Å². The lowest BCUT2D eigenvalue weighted by molar-refractivity contribution is 0.415. The highest BCUT2D eigenvalue weighted by atomic mass is 35.5. The normalized spacial score (nSPS) is 11.0. The van der Waals surface area contributed by atoms with Crippen LogP contribution in [0.2, 0.25) is 5.02 Å². The van der Waals surface area contributed by atoms with E-state index in [4.69, 9.17) is 16.3 Å². The van der Waals surface area contributed by atoms with Crippen LogP contribution in [-0.4, -0.2) is 18.3 Å². The number of hydrogen-bond donors (Lipinski definition) is 1. The predicted molar refractivity (Wildman–Crippen MR) is 91.0 cm³/mol.